The van der Waals surface area contributed by atoms with E-state index in [-0.39, 0.29) is 22.7 Å². The first-order valence-corrected chi connectivity index (χ1v) is 7.25. The van der Waals surface area contributed by atoms with Crippen molar-refractivity contribution < 1.29 is 14.7 Å². The predicted octanol–water partition coefficient (Wildman–Crippen LogP) is 3.69. The third-order valence-corrected chi connectivity index (χ3v) is 4.09. The lowest BCUT2D eigenvalue weighted by Crippen LogP contribution is -2.43. The van der Waals surface area contributed by atoms with E-state index in [1.165, 1.54) is 12.1 Å². The Morgan fingerprint density at radius 3 is 2.48 bits per heavy atom. The number of rotatable bonds is 2. The molecule has 0 spiro atoms. The number of piperidine rings is 1. The first-order chi connectivity index (χ1) is 9.78. The fourth-order valence-corrected chi connectivity index (χ4v) is 2.48. The maximum absolute atomic E-state index is 12.2. The van der Waals surface area contributed by atoms with E-state index in [1.54, 1.807) is 11.0 Å². The van der Waals surface area contributed by atoms with E-state index in [0.717, 1.165) is 12.8 Å². The number of anilines is 1. The molecule has 0 saturated carbocycles. The van der Waals surface area contributed by atoms with Crippen molar-refractivity contribution in [3.05, 3.63) is 28.8 Å². The van der Waals surface area contributed by atoms with Gasteiger partial charge in [0, 0.05) is 18.1 Å². The van der Waals surface area contributed by atoms with Crippen LogP contribution in [0.1, 0.15) is 37.0 Å². The average molecular weight is 311 g/mol. The number of halogens is 1. The van der Waals surface area contributed by atoms with Crippen LogP contribution in [0.15, 0.2) is 18.2 Å². The van der Waals surface area contributed by atoms with E-state index in [9.17, 15) is 9.59 Å². The Hall–Kier alpha value is -1.75. The predicted molar refractivity (Wildman–Crippen MR) is 82.0 cm³/mol. The van der Waals surface area contributed by atoms with Gasteiger partial charge in [-0.3, -0.25) is 0 Å². The summed E-state index contributed by atoms with van der Waals surface area (Å²) in [5.74, 6) is -1.12. The number of hydrogen-bond acceptors (Lipinski definition) is 2. The van der Waals surface area contributed by atoms with Crippen molar-refractivity contribution in [2.24, 2.45) is 5.41 Å². The fourth-order valence-electron chi connectivity index (χ4n) is 2.31. The Labute approximate surface area is 128 Å². The second-order valence-corrected chi connectivity index (χ2v) is 6.51. The topological polar surface area (TPSA) is 69.6 Å². The zero-order chi connectivity index (χ0) is 15.6. The fraction of sp³-hybridized carbons (Fsp3) is 0.467. The highest BCUT2D eigenvalue weighted by Gasteiger charge is 2.28. The molecular weight excluding hydrogens is 292 g/mol. The SMILES string of the molecule is CC1(C)CCN(C(=O)Nc2ccc(Cl)cc2C(=O)O)CC1. The van der Waals surface area contributed by atoms with Gasteiger partial charge in [-0.15, -0.1) is 0 Å². The number of nitrogens with one attached hydrogen (secondary N) is 1. The largest absolute Gasteiger partial charge is 0.478 e. The summed E-state index contributed by atoms with van der Waals surface area (Å²) in [7, 11) is 0. The molecule has 2 N–H and O–H groups in total. The van der Waals surface area contributed by atoms with E-state index < -0.39 is 5.97 Å². The van der Waals surface area contributed by atoms with E-state index in [2.05, 4.69) is 19.2 Å². The first kappa shape index (κ1) is 15.6. The molecule has 2 amide bonds. The van der Waals surface area contributed by atoms with E-state index in [4.69, 9.17) is 16.7 Å². The van der Waals surface area contributed by atoms with E-state index >= 15 is 0 Å². The minimum absolute atomic E-state index is 0.00631. The highest BCUT2D eigenvalue weighted by atomic mass is 35.5. The molecule has 114 valence electrons. The summed E-state index contributed by atoms with van der Waals surface area (Å²) in [6.07, 6.45) is 1.87. The number of amides is 2. The molecule has 1 aromatic carbocycles. The second kappa shape index (κ2) is 5.93. The van der Waals surface area contributed by atoms with E-state index in [0.29, 0.717) is 18.1 Å². The number of carboxylic acid groups (broad SMARTS) is 1. The van der Waals surface area contributed by atoms with Gasteiger partial charge in [-0.05, 0) is 36.5 Å². The van der Waals surface area contributed by atoms with Crippen molar-refractivity contribution in [3.63, 3.8) is 0 Å². The van der Waals surface area contributed by atoms with Crippen LogP contribution in [0.25, 0.3) is 0 Å². The number of hydrogen-bond donors (Lipinski definition) is 2. The van der Waals surface area contributed by atoms with Crippen LogP contribution in [0.3, 0.4) is 0 Å². The molecule has 1 aliphatic heterocycles. The smallest absolute Gasteiger partial charge is 0.337 e. The number of carboxylic acids is 1. The van der Waals surface area contributed by atoms with Crippen LogP contribution in [0.2, 0.25) is 5.02 Å². The molecule has 21 heavy (non-hydrogen) atoms. The van der Waals surface area contributed by atoms with Crippen molar-refractivity contribution in [2.75, 3.05) is 18.4 Å². The number of urea groups is 1. The number of carbonyl (C=O) groups excluding carboxylic acids is 1. The quantitative estimate of drug-likeness (QED) is 0.875. The Morgan fingerprint density at radius 2 is 1.90 bits per heavy atom. The standard InChI is InChI=1S/C15H19ClN2O3/c1-15(2)5-7-18(8-6-15)14(21)17-12-4-3-10(16)9-11(12)13(19)20/h3-4,9H,5-8H2,1-2H3,(H,17,21)(H,19,20). The number of benzene rings is 1. The molecule has 6 heteroatoms. The molecule has 0 aromatic heterocycles. The maximum atomic E-state index is 12.2. The Bertz CT molecular complexity index is 562. The van der Waals surface area contributed by atoms with Gasteiger partial charge in [0.25, 0.3) is 0 Å². The monoisotopic (exact) mass is 310 g/mol. The lowest BCUT2D eigenvalue weighted by Gasteiger charge is -2.36. The van der Waals surface area contributed by atoms with Crippen molar-refractivity contribution in [2.45, 2.75) is 26.7 Å². The normalized spacial score (nSPS) is 17.4. The van der Waals surface area contributed by atoms with Crippen LogP contribution in [0.4, 0.5) is 10.5 Å². The average Bonchev–Trinajstić information content (AvgIpc) is 2.40. The van der Waals surface area contributed by atoms with Crippen LogP contribution in [0, 0.1) is 5.41 Å². The molecule has 2 rings (SSSR count). The van der Waals surface area contributed by atoms with Crippen LogP contribution in [-0.2, 0) is 0 Å². The number of aromatic carboxylic acids is 1. The molecule has 0 radical (unpaired) electrons. The second-order valence-electron chi connectivity index (χ2n) is 6.08. The van der Waals surface area contributed by atoms with Gasteiger partial charge in [-0.25, -0.2) is 9.59 Å². The van der Waals surface area contributed by atoms with Gasteiger partial charge >= 0.3 is 12.0 Å². The molecule has 1 saturated heterocycles. The van der Waals surface area contributed by atoms with Crippen LogP contribution >= 0.6 is 11.6 Å². The highest BCUT2D eigenvalue weighted by molar-refractivity contribution is 6.31. The summed E-state index contributed by atoms with van der Waals surface area (Å²) in [4.78, 5) is 25.1. The van der Waals surface area contributed by atoms with Crippen molar-refractivity contribution in [1.29, 1.82) is 0 Å². The Balaban J connectivity index is 2.08. The summed E-state index contributed by atoms with van der Waals surface area (Å²) < 4.78 is 0. The summed E-state index contributed by atoms with van der Waals surface area (Å²) >= 11 is 5.79. The Kier molecular flexibility index (Phi) is 4.42. The number of nitrogens with zero attached hydrogens (tertiary/aromatic N) is 1. The van der Waals surface area contributed by atoms with Crippen LogP contribution in [-0.4, -0.2) is 35.1 Å². The summed E-state index contributed by atoms with van der Waals surface area (Å²) in [5, 5.41) is 12.1. The Morgan fingerprint density at radius 1 is 1.29 bits per heavy atom. The summed E-state index contributed by atoms with van der Waals surface area (Å²) in [6.45, 7) is 5.72. The molecular formula is C15H19ClN2O3. The minimum atomic E-state index is -1.12. The first-order valence-electron chi connectivity index (χ1n) is 6.87. The maximum Gasteiger partial charge on any atom is 0.337 e. The molecule has 0 bridgehead atoms. The van der Waals surface area contributed by atoms with Gasteiger partial charge in [0.15, 0.2) is 0 Å². The van der Waals surface area contributed by atoms with Gasteiger partial charge in [0.1, 0.15) is 0 Å². The van der Waals surface area contributed by atoms with Crippen molar-refractivity contribution in [1.82, 2.24) is 4.90 Å². The van der Waals surface area contributed by atoms with Crippen molar-refractivity contribution in [3.8, 4) is 0 Å². The molecule has 0 aliphatic carbocycles. The zero-order valence-electron chi connectivity index (χ0n) is 12.1. The summed E-state index contributed by atoms with van der Waals surface area (Å²) in [6, 6.07) is 4.13. The molecule has 1 heterocycles. The van der Waals surface area contributed by atoms with Crippen LogP contribution in [0.5, 0.6) is 0 Å². The number of likely N-dealkylation sites (tertiary alicyclic amines) is 1. The summed E-state index contributed by atoms with van der Waals surface area (Å²) in [5.41, 5.74) is 0.512. The van der Waals surface area contributed by atoms with Gasteiger partial charge < -0.3 is 15.3 Å². The minimum Gasteiger partial charge on any atom is -0.478 e. The van der Waals surface area contributed by atoms with Gasteiger partial charge in [-0.1, -0.05) is 25.4 Å². The zero-order valence-corrected chi connectivity index (χ0v) is 12.9. The van der Waals surface area contributed by atoms with E-state index in [1.807, 2.05) is 0 Å². The molecule has 0 unspecified atom stereocenters. The van der Waals surface area contributed by atoms with Crippen LogP contribution < -0.4 is 5.32 Å². The molecule has 1 fully saturated rings. The van der Waals surface area contributed by atoms with Gasteiger partial charge in [0.05, 0.1) is 11.3 Å². The molecule has 0 atom stereocenters. The lowest BCUT2D eigenvalue weighted by molar-refractivity contribution is 0.0698. The molecule has 5 nitrogen and oxygen atoms in total. The number of carbonyl (C=O) groups is 2. The molecule has 1 aromatic rings. The lowest BCUT2D eigenvalue weighted by atomic mass is 9.83. The third-order valence-electron chi connectivity index (χ3n) is 3.86. The van der Waals surface area contributed by atoms with Gasteiger partial charge in [0.2, 0.25) is 0 Å². The van der Waals surface area contributed by atoms with Crippen molar-refractivity contribution >= 4 is 29.3 Å². The third kappa shape index (κ3) is 3.88. The molecule has 1 aliphatic rings. The highest BCUT2D eigenvalue weighted by Crippen LogP contribution is 2.30. The van der Waals surface area contributed by atoms with Gasteiger partial charge in [-0.2, -0.15) is 0 Å².